The molecule has 0 unspecified atom stereocenters. The monoisotopic (exact) mass is 302 g/mol. The van der Waals surface area contributed by atoms with E-state index in [1.54, 1.807) is 6.07 Å². The minimum Gasteiger partial charge on any atom is -0.465 e. The highest BCUT2D eigenvalue weighted by atomic mass is 16.5. The Morgan fingerprint density at radius 2 is 2.00 bits per heavy atom. The number of fused-ring (bicyclic) bond motifs is 1. The van der Waals surface area contributed by atoms with Crippen molar-refractivity contribution in [3.8, 4) is 0 Å². The van der Waals surface area contributed by atoms with Crippen LogP contribution in [0.3, 0.4) is 0 Å². The van der Waals surface area contributed by atoms with Gasteiger partial charge in [0, 0.05) is 13.6 Å². The van der Waals surface area contributed by atoms with Crippen molar-refractivity contribution in [2.45, 2.75) is 32.1 Å². The Morgan fingerprint density at radius 1 is 1.27 bits per heavy atom. The summed E-state index contributed by atoms with van der Waals surface area (Å²) >= 11 is 0. The van der Waals surface area contributed by atoms with Crippen molar-refractivity contribution in [1.29, 1.82) is 0 Å². The van der Waals surface area contributed by atoms with Gasteiger partial charge in [0.2, 0.25) is 5.91 Å². The molecule has 0 saturated heterocycles. The molecule has 1 heterocycles. The lowest BCUT2D eigenvalue weighted by Gasteiger charge is -2.36. The van der Waals surface area contributed by atoms with E-state index in [0.717, 1.165) is 31.4 Å². The molecule has 1 fully saturated rings. The third kappa shape index (κ3) is 2.34. The van der Waals surface area contributed by atoms with Crippen molar-refractivity contribution in [2.75, 3.05) is 30.9 Å². The Balaban J connectivity index is 2.04. The van der Waals surface area contributed by atoms with Crippen LogP contribution in [-0.2, 0) is 9.53 Å². The Kier molecular flexibility index (Phi) is 3.81. The Bertz CT molecular complexity index is 606. The van der Waals surface area contributed by atoms with Crippen LogP contribution in [-0.4, -0.2) is 32.6 Å². The second-order valence-corrected chi connectivity index (χ2v) is 6.34. The van der Waals surface area contributed by atoms with E-state index in [2.05, 4.69) is 10.2 Å². The van der Waals surface area contributed by atoms with Crippen molar-refractivity contribution in [2.24, 2.45) is 5.41 Å². The van der Waals surface area contributed by atoms with E-state index in [0.29, 0.717) is 17.8 Å². The lowest BCUT2D eigenvalue weighted by atomic mass is 9.73. The first-order valence-electron chi connectivity index (χ1n) is 7.81. The normalized spacial score (nSPS) is 20.1. The summed E-state index contributed by atoms with van der Waals surface area (Å²) in [5, 5.41) is 3.02. The molecular formula is C17H22N2O3. The standard InChI is InChI=1S/C17H22N2O3/c1-19-11-17(9-4-3-5-10-17)16(21)18-14-12(15(20)22-2)7-6-8-13(14)19/h6-8H,3-5,9-11H2,1-2H3,(H,18,21). The molecule has 0 radical (unpaired) electrons. The topological polar surface area (TPSA) is 58.6 Å². The summed E-state index contributed by atoms with van der Waals surface area (Å²) in [5.74, 6) is -0.390. The predicted octanol–water partition coefficient (Wildman–Crippen LogP) is 2.81. The first-order chi connectivity index (χ1) is 10.6. The first kappa shape index (κ1) is 14.9. The van der Waals surface area contributed by atoms with Crippen LogP contribution in [0.4, 0.5) is 11.4 Å². The maximum absolute atomic E-state index is 12.9. The van der Waals surface area contributed by atoms with E-state index in [9.17, 15) is 9.59 Å². The molecule has 5 heteroatoms. The summed E-state index contributed by atoms with van der Waals surface area (Å²) in [6.45, 7) is 0.691. The summed E-state index contributed by atoms with van der Waals surface area (Å²) in [6, 6.07) is 5.45. The smallest absolute Gasteiger partial charge is 0.340 e. The van der Waals surface area contributed by atoms with E-state index in [1.165, 1.54) is 13.5 Å². The summed E-state index contributed by atoms with van der Waals surface area (Å²) in [4.78, 5) is 26.9. The lowest BCUT2D eigenvalue weighted by Crippen LogP contribution is -2.44. The van der Waals surface area contributed by atoms with Gasteiger partial charge in [-0.3, -0.25) is 4.79 Å². The molecule has 1 amide bonds. The van der Waals surface area contributed by atoms with E-state index < -0.39 is 5.97 Å². The minimum absolute atomic E-state index is 0.0363. The highest BCUT2D eigenvalue weighted by Crippen LogP contribution is 2.43. The highest BCUT2D eigenvalue weighted by molar-refractivity contribution is 6.07. The molecule has 118 valence electrons. The van der Waals surface area contributed by atoms with Crippen LogP contribution >= 0.6 is 0 Å². The van der Waals surface area contributed by atoms with Gasteiger partial charge < -0.3 is 15.0 Å². The van der Waals surface area contributed by atoms with Gasteiger partial charge in [-0.1, -0.05) is 25.3 Å². The number of hydrogen-bond acceptors (Lipinski definition) is 4. The molecule has 3 rings (SSSR count). The van der Waals surface area contributed by atoms with Crippen LogP contribution in [0.5, 0.6) is 0 Å². The Morgan fingerprint density at radius 3 is 2.68 bits per heavy atom. The molecule has 1 N–H and O–H groups in total. The molecule has 1 aliphatic carbocycles. The van der Waals surface area contributed by atoms with Gasteiger partial charge in [-0.15, -0.1) is 0 Å². The summed E-state index contributed by atoms with van der Waals surface area (Å²) in [7, 11) is 3.34. The Labute approximate surface area is 130 Å². The zero-order valence-electron chi connectivity index (χ0n) is 13.1. The van der Waals surface area contributed by atoms with Gasteiger partial charge in [0.1, 0.15) is 0 Å². The second-order valence-electron chi connectivity index (χ2n) is 6.34. The molecule has 1 saturated carbocycles. The number of nitrogens with one attached hydrogen (secondary N) is 1. The lowest BCUT2D eigenvalue weighted by molar-refractivity contribution is -0.126. The number of carbonyl (C=O) groups excluding carboxylic acids is 2. The number of hydrogen-bond donors (Lipinski definition) is 1. The van der Waals surface area contributed by atoms with Crippen LogP contribution in [0.1, 0.15) is 42.5 Å². The molecule has 1 spiro atoms. The van der Waals surface area contributed by atoms with Gasteiger partial charge in [0.15, 0.2) is 0 Å². The van der Waals surface area contributed by atoms with Crippen LogP contribution < -0.4 is 10.2 Å². The van der Waals surface area contributed by atoms with Gasteiger partial charge in [-0.05, 0) is 25.0 Å². The highest BCUT2D eigenvalue weighted by Gasteiger charge is 2.43. The number of nitrogens with zero attached hydrogens (tertiary/aromatic N) is 1. The molecule has 2 aliphatic rings. The van der Waals surface area contributed by atoms with Gasteiger partial charge in [0.25, 0.3) is 0 Å². The quantitative estimate of drug-likeness (QED) is 0.810. The minimum atomic E-state index is -0.426. The first-order valence-corrected chi connectivity index (χ1v) is 7.81. The van der Waals surface area contributed by atoms with E-state index in [-0.39, 0.29) is 11.3 Å². The number of methoxy groups -OCH3 is 1. The third-order valence-corrected chi connectivity index (χ3v) is 4.93. The number of rotatable bonds is 1. The summed E-state index contributed by atoms with van der Waals surface area (Å²) < 4.78 is 4.84. The number of amides is 1. The number of para-hydroxylation sites is 1. The SMILES string of the molecule is COC(=O)c1cccc2c1NC(=O)C1(CCCCC1)CN2C. The van der Waals surface area contributed by atoms with Gasteiger partial charge in [-0.25, -0.2) is 4.79 Å². The predicted molar refractivity (Wildman–Crippen MR) is 85.2 cm³/mol. The summed E-state index contributed by atoms with van der Waals surface area (Å²) in [6.07, 6.45) is 5.18. The molecular weight excluding hydrogens is 280 g/mol. The summed E-state index contributed by atoms with van der Waals surface area (Å²) in [5.41, 5.74) is 1.51. The van der Waals surface area contributed by atoms with Crippen LogP contribution in [0.15, 0.2) is 18.2 Å². The maximum atomic E-state index is 12.9. The molecule has 5 nitrogen and oxygen atoms in total. The van der Waals surface area contributed by atoms with Crippen molar-refractivity contribution >= 4 is 23.3 Å². The second kappa shape index (κ2) is 5.63. The maximum Gasteiger partial charge on any atom is 0.340 e. The Hall–Kier alpha value is -2.04. The zero-order chi connectivity index (χ0) is 15.7. The van der Waals surface area contributed by atoms with Crippen molar-refractivity contribution in [3.05, 3.63) is 23.8 Å². The fraction of sp³-hybridized carbons (Fsp3) is 0.529. The van der Waals surface area contributed by atoms with Crippen molar-refractivity contribution in [1.82, 2.24) is 0 Å². The molecule has 22 heavy (non-hydrogen) atoms. The average Bonchev–Trinajstić information content (AvgIpc) is 2.63. The number of anilines is 2. The van der Waals surface area contributed by atoms with Crippen LogP contribution in [0, 0.1) is 5.41 Å². The molecule has 1 aliphatic heterocycles. The third-order valence-electron chi connectivity index (χ3n) is 4.93. The molecule has 0 atom stereocenters. The van der Waals surface area contributed by atoms with Gasteiger partial charge >= 0.3 is 5.97 Å². The van der Waals surface area contributed by atoms with Crippen molar-refractivity contribution < 1.29 is 14.3 Å². The fourth-order valence-electron chi connectivity index (χ4n) is 3.74. The number of benzene rings is 1. The largest absolute Gasteiger partial charge is 0.465 e. The van der Waals surface area contributed by atoms with E-state index in [1.807, 2.05) is 19.2 Å². The van der Waals surface area contributed by atoms with Crippen molar-refractivity contribution in [3.63, 3.8) is 0 Å². The van der Waals surface area contributed by atoms with E-state index >= 15 is 0 Å². The number of carbonyl (C=O) groups is 2. The number of esters is 1. The fourth-order valence-corrected chi connectivity index (χ4v) is 3.74. The van der Waals surface area contributed by atoms with Gasteiger partial charge in [-0.2, -0.15) is 0 Å². The van der Waals surface area contributed by atoms with E-state index in [4.69, 9.17) is 4.74 Å². The molecule has 0 aromatic heterocycles. The van der Waals surface area contributed by atoms with Crippen LogP contribution in [0.25, 0.3) is 0 Å². The molecule has 0 bridgehead atoms. The average molecular weight is 302 g/mol. The number of ether oxygens (including phenoxy) is 1. The molecule has 1 aromatic rings. The molecule has 1 aromatic carbocycles. The van der Waals surface area contributed by atoms with Crippen LogP contribution in [0.2, 0.25) is 0 Å². The van der Waals surface area contributed by atoms with Gasteiger partial charge in [0.05, 0.1) is 29.5 Å². The zero-order valence-corrected chi connectivity index (χ0v) is 13.1.